The highest BCUT2D eigenvalue weighted by atomic mass is 35.5. The zero-order valence-electron chi connectivity index (χ0n) is 12.0. The van der Waals surface area contributed by atoms with Crippen LogP contribution in [0.3, 0.4) is 0 Å². The molecule has 0 spiro atoms. The standard InChI is InChI=1S/C16H22ClNO2/c1-2-18(12-13-6-5-11-20-13)10-9-16(19)14-7-3-4-8-15(14)17/h3-4,7-8,13H,2,5-6,9-12H2,1H3. The van der Waals surface area contributed by atoms with Gasteiger partial charge in [0.15, 0.2) is 5.78 Å². The van der Waals surface area contributed by atoms with Crippen molar-refractivity contribution in [1.82, 2.24) is 4.90 Å². The lowest BCUT2D eigenvalue weighted by Gasteiger charge is -2.23. The van der Waals surface area contributed by atoms with Crippen molar-refractivity contribution in [2.75, 3.05) is 26.2 Å². The van der Waals surface area contributed by atoms with Crippen molar-refractivity contribution in [3.63, 3.8) is 0 Å². The molecular formula is C16H22ClNO2. The molecule has 1 atom stereocenters. The topological polar surface area (TPSA) is 29.5 Å². The maximum atomic E-state index is 12.2. The highest BCUT2D eigenvalue weighted by Gasteiger charge is 2.19. The summed E-state index contributed by atoms with van der Waals surface area (Å²) >= 11 is 6.05. The molecule has 0 N–H and O–H groups in total. The highest BCUT2D eigenvalue weighted by molar-refractivity contribution is 6.33. The average Bonchev–Trinajstić information content (AvgIpc) is 2.96. The van der Waals surface area contributed by atoms with Crippen LogP contribution in [-0.4, -0.2) is 43.0 Å². The number of hydrogen-bond acceptors (Lipinski definition) is 3. The molecule has 0 amide bonds. The Morgan fingerprint density at radius 2 is 2.25 bits per heavy atom. The molecule has 1 aromatic carbocycles. The summed E-state index contributed by atoms with van der Waals surface area (Å²) in [6.07, 6.45) is 3.13. The zero-order chi connectivity index (χ0) is 14.4. The minimum atomic E-state index is 0.112. The van der Waals surface area contributed by atoms with Crippen LogP contribution in [-0.2, 0) is 4.74 Å². The summed E-state index contributed by atoms with van der Waals surface area (Å²) in [5, 5.41) is 0.541. The van der Waals surface area contributed by atoms with Gasteiger partial charge in [0.1, 0.15) is 0 Å². The highest BCUT2D eigenvalue weighted by Crippen LogP contribution is 2.17. The molecule has 20 heavy (non-hydrogen) atoms. The Bertz CT molecular complexity index is 444. The number of Topliss-reactive ketones (excluding diaryl/α,β-unsaturated/α-hetero) is 1. The van der Waals surface area contributed by atoms with Crippen LogP contribution in [0.2, 0.25) is 5.02 Å². The predicted octanol–water partition coefficient (Wildman–Crippen LogP) is 3.41. The Kier molecular flexibility index (Phi) is 6.02. The molecular weight excluding hydrogens is 274 g/mol. The minimum absolute atomic E-state index is 0.112. The van der Waals surface area contributed by atoms with E-state index in [1.54, 1.807) is 12.1 Å². The fourth-order valence-electron chi connectivity index (χ4n) is 2.54. The molecule has 1 unspecified atom stereocenters. The third-order valence-electron chi connectivity index (χ3n) is 3.76. The molecule has 2 rings (SSSR count). The van der Waals surface area contributed by atoms with E-state index in [0.29, 0.717) is 23.1 Å². The van der Waals surface area contributed by atoms with Gasteiger partial charge in [0, 0.05) is 31.7 Å². The molecule has 4 heteroatoms. The lowest BCUT2D eigenvalue weighted by Crippen LogP contribution is -2.33. The quantitative estimate of drug-likeness (QED) is 0.722. The monoisotopic (exact) mass is 295 g/mol. The Morgan fingerprint density at radius 3 is 2.90 bits per heavy atom. The van der Waals surface area contributed by atoms with Gasteiger partial charge in [0.05, 0.1) is 11.1 Å². The number of carbonyl (C=O) groups is 1. The van der Waals surface area contributed by atoms with Gasteiger partial charge in [-0.25, -0.2) is 0 Å². The Labute approximate surface area is 125 Å². The fourth-order valence-corrected chi connectivity index (χ4v) is 2.78. The van der Waals surface area contributed by atoms with Crippen molar-refractivity contribution >= 4 is 17.4 Å². The van der Waals surface area contributed by atoms with Crippen LogP contribution in [0.15, 0.2) is 24.3 Å². The number of halogens is 1. The smallest absolute Gasteiger partial charge is 0.165 e. The normalized spacial score (nSPS) is 18.6. The van der Waals surface area contributed by atoms with Crippen molar-refractivity contribution in [3.8, 4) is 0 Å². The van der Waals surface area contributed by atoms with Crippen molar-refractivity contribution in [1.29, 1.82) is 0 Å². The Hall–Kier alpha value is -0.900. The first-order valence-electron chi connectivity index (χ1n) is 7.32. The summed E-state index contributed by atoms with van der Waals surface area (Å²) < 4.78 is 5.65. The molecule has 1 aliphatic rings. The van der Waals surface area contributed by atoms with Crippen LogP contribution in [0.1, 0.15) is 36.5 Å². The van der Waals surface area contributed by atoms with Crippen LogP contribution in [0.5, 0.6) is 0 Å². The molecule has 110 valence electrons. The lowest BCUT2D eigenvalue weighted by atomic mass is 10.1. The molecule has 0 aromatic heterocycles. The van der Waals surface area contributed by atoms with Crippen molar-refractivity contribution in [2.45, 2.75) is 32.3 Å². The summed E-state index contributed by atoms with van der Waals surface area (Å²) in [5.74, 6) is 0.112. The van der Waals surface area contributed by atoms with Gasteiger partial charge in [-0.3, -0.25) is 4.79 Å². The van der Waals surface area contributed by atoms with E-state index >= 15 is 0 Å². The van der Waals surface area contributed by atoms with E-state index in [1.807, 2.05) is 12.1 Å². The van der Waals surface area contributed by atoms with Crippen molar-refractivity contribution in [3.05, 3.63) is 34.9 Å². The SMILES string of the molecule is CCN(CCC(=O)c1ccccc1Cl)CC1CCCO1. The summed E-state index contributed by atoms with van der Waals surface area (Å²) in [6, 6.07) is 7.25. The van der Waals surface area contributed by atoms with Gasteiger partial charge in [-0.15, -0.1) is 0 Å². The van der Waals surface area contributed by atoms with Crippen molar-refractivity contribution < 1.29 is 9.53 Å². The predicted molar refractivity (Wildman–Crippen MR) is 81.5 cm³/mol. The van der Waals surface area contributed by atoms with E-state index in [0.717, 1.165) is 39.1 Å². The summed E-state index contributed by atoms with van der Waals surface area (Å²) in [5.41, 5.74) is 0.627. The van der Waals surface area contributed by atoms with Gasteiger partial charge in [-0.05, 0) is 31.5 Å². The van der Waals surface area contributed by atoms with Gasteiger partial charge in [-0.2, -0.15) is 0 Å². The summed E-state index contributed by atoms with van der Waals surface area (Å²) in [7, 11) is 0. The number of nitrogens with zero attached hydrogens (tertiary/aromatic N) is 1. The number of hydrogen-bond donors (Lipinski definition) is 0. The molecule has 0 aliphatic carbocycles. The third kappa shape index (κ3) is 4.30. The molecule has 1 fully saturated rings. The van der Waals surface area contributed by atoms with Gasteiger partial charge in [-0.1, -0.05) is 30.7 Å². The van der Waals surface area contributed by atoms with E-state index in [-0.39, 0.29) is 5.78 Å². The van der Waals surface area contributed by atoms with E-state index in [2.05, 4.69) is 11.8 Å². The number of carbonyl (C=O) groups excluding carboxylic acids is 1. The Morgan fingerprint density at radius 1 is 1.45 bits per heavy atom. The molecule has 3 nitrogen and oxygen atoms in total. The van der Waals surface area contributed by atoms with Crippen LogP contribution >= 0.6 is 11.6 Å². The van der Waals surface area contributed by atoms with Crippen LogP contribution in [0, 0.1) is 0 Å². The first-order chi connectivity index (χ1) is 9.70. The van der Waals surface area contributed by atoms with Crippen LogP contribution < -0.4 is 0 Å². The number of likely N-dealkylation sites (N-methyl/N-ethyl adjacent to an activating group) is 1. The second kappa shape index (κ2) is 7.77. The van der Waals surface area contributed by atoms with Gasteiger partial charge < -0.3 is 9.64 Å². The van der Waals surface area contributed by atoms with Gasteiger partial charge >= 0.3 is 0 Å². The second-order valence-corrected chi connectivity index (χ2v) is 5.59. The molecule has 1 saturated heterocycles. The molecule has 1 aliphatic heterocycles. The molecule has 0 radical (unpaired) electrons. The Balaban J connectivity index is 1.83. The van der Waals surface area contributed by atoms with Gasteiger partial charge in [0.2, 0.25) is 0 Å². The van der Waals surface area contributed by atoms with Crippen LogP contribution in [0.4, 0.5) is 0 Å². The minimum Gasteiger partial charge on any atom is -0.377 e. The summed E-state index contributed by atoms with van der Waals surface area (Å²) in [4.78, 5) is 14.5. The molecule has 0 saturated carbocycles. The second-order valence-electron chi connectivity index (χ2n) is 5.18. The first kappa shape index (κ1) is 15.5. The van der Waals surface area contributed by atoms with Crippen molar-refractivity contribution in [2.24, 2.45) is 0 Å². The van der Waals surface area contributed by atoms with E-state index in [1.165, 1.54) is 0 Å². The number of rotatable bonds is 7. The zero-order valence-corrected chi connectivity index (χ0v) is 12.7. The third-order valence-corrected chi connectivity index (χ3v) is 4.09. The van der Waals surface area contributed by atoms with E-state index in [4.69, 9.17) is 16.3 Å². The van der Waals surface area contributed by atoms with Gasteiger partial charge in [0.25, 0.3) is 0 Å². The number of ether oxygens (including phenoxy) is 1. The fraction of sp³-hybridized carbons (Fsp3) is 0.562. The number of benzene rings is 1. The molecule has 1 heterocycles. The first-order valence-corrected chi connectivity index (χ1v) is 7.70. The lowest BCUT2D eigenvalue weighted by molar-refractivity contribution is 0.0720. The summed E-state index contributed by atoms with van der Waals surface area (Å²) in [6.45, 7) is 5.62. The maximum Gasteiger partial charge on any atom is 0.165 e. The maximum absolute atomic E-state index is 12.2. The molecule has 1 aromatic rings. The van der Waals surface area contributed by atoms with Crippen LogP contribution in [0.25, 0.3) is 0 Å². The molecule has 0 bridgehead atoms. The number of ketones is 1. The average molecular weight is 296 g/mol. The van der Waals surface area contributed by atoms with E-state index in [9.17, 15) is 4.79 Å². The largest absolute Gasteiger partial charge is 0.377 e. The van der Waals surface area contributed by atoms with E-state index < -0.39 is 0 Å².